The highest BCUT2D eigenvalue weighted by Crippen LogP contribution is 2.45. The number of fused-ring (bicyclic) bond motifs is 4. The van der Waals surface area contributed by atoms with Crippen LogP contribution >= 0.6 is 0 Å². The number of carbonyl (C=O) groups excluding carboxylic acids is 2. The van der Waals surface area contributed by atoms with E-state index >= 15 is 0 Å². The molecule has 2 aliphatic heterocycles. The second kappa shape index (κ2) is 23.0. The maximum atomic E-state index is 14.2. The minimum Gasteiger partial charge on any atom is -0.336 e. The number of nitrogens with zero attached hydrogens (tertiary/aromatic N) is 6. The van der Waals surface area contributed by atoms with Crippen LogP contribution in [-0.4, -0.2) is 142 Å². The van der Waals surface area contributed by atoms with E-state index in [2.05, 4.69) is 72.8 Å². The molecule has 5 aromatic rings. The lowest BCUT2D eigenvalue weighted by Crippen LogP contribution is -2.62. The summed E-state index contributed by atoms with van der Waals surface area (Å²) in [6.07, 6.45) is 19.8. The van der Waals surface area contributed by atoms with Crippen molar-refractivity contribution in [1.29, 1.82) is 0 Å². The standard InChI is InChI=1S/C31H40N4O2.C30H40N4O2/c1-33-18-20-35(21-19-33)31(16-8-3-9-17-31)24-34(29(36)15-14-25-10-4-2-5-11-25)23-27-22-26-12-6-7-13-28(26)32-30(27)37;1-32-13-15-34(16-14-32)30(11-5-2-6-12-30)21-33(29(36)26-18-22-9-10-23(26)17-22)20-25-19-24-7-3-4-8-27(24)31-28(25)35/h2,4-7,10-13,22H,3,8-9,14-21,23-24H2,1H3,(H,32,37);3-4,7-10,19,22-23,26H,2,5-6,11-18,20-21H2,1H3,(H,31,35)/t;22-,23+,26-/m.1/s1. The molecule has 3 saturated carbocycles. The fourth-order valence-electron chi connectivity index (χ4n) is 13.7. The van der Waals surface area contributed by atoms with E-state index in [4.69, 9.17) is 0 Å². The molecule has 12 heteroatoms. The Bertz CT molecular complexity index is 2810. The molecule has 5 fully saturated rings. The van der Waals surface area contributed by atoms with Gasteiger partial charge in [-0.15, -0.1) is 0 Å². The number of likely N-dealkylation sites (N-methyl/N-ethyl adjacent to an activating group) is 2. The van der Waals surface area contributed by atoms with E-state index in [1.807, 2.05) is 83.8 Å². The summed E-state index contributed by atoms with van der Waals surface area (Å²) in [4.78, 5) is 74.6. The van der Waals surface area contributed by atoms with Crippen molar-refractivity contribution < 1.29 is 9.59 Å². The molecule has 11 rings (SSSR count). The summed E-state index contributed by atoms with van der Waals surface area (Å²) in [5.41, 5.74) is 4.06. The molecule has 6 aliphatic rings. The number of nitrogens with one attached hydrogen (secondary N) is 2. The highest BCUT2D eigenvalue weighted by Gasteiger charge is 2.46. The molecule has 3 aromatic carbocycles. The lowest BCUT2D eigenvalue weighted by atomic mass is 9.78. The van der Waals surface area contributed by atoms with Gasteiger partial charge in [-0.1, -0.05) is 117 Å². The van der Waals surface area contributed by atoms with Crippen LogP contribution in [0.25, 0.3) is 21.8 Å². The lowest BCUT2D eigenvalue weighted by Gasteiger charge is -2.51. The second-order valence-corrected chi connectivity index (χ2v) is 22.9. The highest BCUT2D eigenvalue weighted by molar-refractivity contribution is 5.82. The summed E-state index contributed by atoms with van der Waals surface area (Å²) in [6.45, 7) is 10.7. The molecule has 388 valence electrons. The third kappa shape index (κ3) is 11.9. The molecule has 0 radical (unpaired) electrons. The quantitative estimate of drug-likeness (QED) is 0.107. The van der Waals surface area contributed by atoms with Gasteiger partial charge in [-0.05, 0) is 111 Å². The minimum atomic E-state index is -0.100. The molecule has 2 aromatic heterocycles. The molecule has 2 saturated heterocycles. The number of amides is 2. The van der Waals surface area contributed by atoms with E-state index in [0.717, 1.165) is 119 Å². The molecule has 2 N–H and O–H groups in total. The van der Waals surface area contributed by atoms with E-state index in [1.54, 1.807) is 0 Å². The molecule has 3 atom stereocenters. The molecule has 2 amide bonds. The van der Waals surface area contributed by atoms with E-state index < -0.39 is 0 Å². The molecule has 12 nitrogen and oxygen atoms in total. The van der Waals surface area contributed by atoms with Gasteiger partial charge < -0.3 is 29.6 Å². The zero-order valence-corrected chi connectivity index (χ0v) is 43.7. The lowest BCUT2D eigenvalue weighted by molar-refractivity contribution is -0.140. The number of aryl methyl sites for hydroxylation is 1. The average Bonchev–Trinajstić information content (AvgIpc) is 4.06. The summed E-state index contributed by atoms with van der Waals surface area (Å²) < 4.78 is 0. The van der Waals surface area contributed by atoms with Crippen LogP contribution in [0.3, 0.4) is 0 Å². The van der Waals surface area contributed by atoms with Crippen molar-refractivity contribution in [2.24, 2.45) is 17.8 Å². The summed E-state index contributed by atoms with van der Waals surface area (Å²) in [7, 11) is 4.39. The van der Waals surface area contributed by atoms with Crippen molar-refractivity contribution in [3.05, 3.63) is 141 Å². The normalized spacial score (nSPS) is 23.3. The number of H-pyrrole nitrogens is 2. The number of pyridine rings is 2. The number of allylic oxidation sites excluding steroid dienone is 2. The molecule has 4 heterocycles. The van der Waals surface area contributed by atoms with Crippen LogP contribution in [0, 0.1) is 17.8 Å². The van der Waals surface area contributed by atoms with Crippen LogP contribution in [0.15, 0.2) is 113 Å². The number of rotatable bonds is 14. The first-order valence-electron chi connectivity index (χ1n) is 27.9. The maximum absolute atomic E-state index is 14.2. The number of benzene rings is 3. The first-order chi connectivity index (χ1) is 35.5. The second-order valence-electron chi connectivity index (χ2n) is 22.9. The van der Waals surface area contributed by atoms with Gasteiger partial charge in [0, 0.05) is 111 Å². The zero-order chi connectivity index (χ0) is 50.4. The van der Waals surface area contributed by atoms with E-state index in [1.165, 1.54) is 44.1 Å². The average molecular weight is 989 g/mol. The third-order valence-corrected chi connectivity index (χ3v) is 18.0. The van der Waals surface area contributed by atoms with Crippen LogP contribution in [-0.2, 0) is 29.1 Å². The van der Waals surface area contributed by atoms with Gasteiger partial charge in [0.15, 0.2) is 0 Å². The predicted molar refractivity (Wildman–Crippen MR) is 293 cm³/mol. The minimum absolute atomic E-state index is 0.00841. The number of piperazine rings is 2. The number of para-hydroxylation sites is 2. The molecule has 0 spiro atoms. The number of aromatic amines is 2. The van der Waals surface area contributed by atoms with Crippen molar-refractivity contribution in [3.63, 3.8) is 0 Å². The van der Waals surface area contributed by atoms with Crippen LogP contribution in [0.2, 0.25) is 0 Å². The summed E-state index contributed by atoms with van der Waals surface area (Å²) >= 11 is 0. The van der Waals surface area contributed by atoms with Crippen molar-refractivity contribution in [1.82, 2.24) is 39.4 Å². The zero-order valence-electron chi connectivity index (χ0n) is 43.7. The Morgan fingerprint density at radius 3 is 1.55 bits per heavy atom. The molecule has 0 unspecified atom stereocenters. The van der Waals surface area contributed by atoms with Gasteiger partial charge >= 0.3 is 0 Å². The smallest absolute Gasteiger partial charge is 0.253 e. The van der Waals surface area contributed by atoms with Gasteiger partial charge in [0.2, 0.25) is 11.8 Å². The first kappa shape index (κ1) is 51.1. The van der Waals surface area contributed by atoms with E-state index in [9.17, 15) is 19.2 Å². The van der Waals surface area contributed by atoms with E-state index in [0.29, 0.717) is 55.4 Å². The molecule has 73 heavy (non-hydrogen) atoms. The predicted octanol–water partition coefficient (Wildman–Crippen LogP) is 8.46. The Morgan fingerprint density at radius 1 is 0.575 bits per heavy atom. The van der Waals surface area contributed by atoms with Crippen LogP contribution in [0.4, 0.5) is 0 Å². The molecule has 4 aliphatic carbocycles. The fraction of sp³-hybridized carbons (Fsp3) is 0.541. The highest BCUT2D eigenvalue weighted by atomic mass is 16.2. The van der Waals surface area contributed by atoms with Crippen molar-refractivity contribution in [2.75, 3.05) is 79.5 Å². The molecular weight excluding hydrogens is 909 g/mol. The van der Waals surface area contributed by atoms with Crippen LogP contribution in [0.5, 0.6) is 0 Å². The number of aromatic nitrogens is 2. The number of carbonyl (C=O) groups is 2. The van der Waals surface area contributed by atoms with Gasteiger partial charge in [0.05, 0.1) is 13.1 Å². The summed E-state index contributed by atoms with van der Waals surface area (Å²) in [5, 5.41) is 2.02. The first-order valence-corrected chi connectivity index (χ1v) is 27.9. The Balaban J connectivity index is 0.000000168. The number of hydrogen-bond donors (Lipinski definition) is 2. The Kier molecular flexibility index (Phi) is 16.1. The van der Waals surface area contributed by atoms with Crippen molar-refractivity contribution in [2.45, 2.75) is 114 Å². The van der Waals surface area contributed by atoms with Gasteiger partial charge in [0.25, 0.3) is 11.1 Å². The Hall–Kier alpha value is -5.40. The molecule has 2 bridgehead atoms. The topological polar surface area (TPSA) is 119 Å². The SMILES string of the molecule is CN1CCN(C2(CN(Cc3cc4ccccc4[nH]c3=O)C(=O)CCc3ccccc3)CCCCC2)CC1.CN1CCN(C2(CN(Cc3cc4ccccc4[nH]c3=O)C(=O)[C@@H]3C[C@@H]4C=C[C@H]3C4)CCCCC2)CC1. The van der Waals surface area contributed by atoms with Gasteiger partial charge in [-0.3, -0.25) is 29.0 Å². The van der Waals surface area contributed by atoms with E-state index in [-0.39, 0.29) is 39.9 Å². The van der Waals surface area contributed by atoms with Gasteiger partial charge in [-0.2, -0.15) is 0 Å². The third-order valence-electron chi connectivity index (χ3n) is 18.0. The summed E-state index contributed by atoms with van der Waals surface area (Å²) in [6, 6.07) is 30.0. The monoisotopic (exact) mass is 989 g/mol. The Labute approximate surface area is 432 Å². The maximum Gasteiger partial charge on any atom is 0.253 e. The van der Waals surface area contributed by atoms with Crippen LogP contribution in [0.1, 0.15) is 100 Å². The summed E-state index contributed by atoms with van der Waals surface area (Å²) in [5.74, 6) is 1.38. The van der Waals surface area contributed by atoms with Crippen molar-refractivity contribution in [3.8, 4) is 0 Å². The van der Waals surface area contributed by atoms with Gasteiger partial charge in [0.1, 0.15) is 0 Å². The Morgan fingerprint density at radius 2 is 1.05 bits per heavy atom. The van der Waals surface area contributed by atoms with Crippen molar-refractivity contribution >= 4 is 33.6 Å². The van der Waals surface area contributed by atoms with Crippen LogP contribution < -0.4 is 11.1 Å². The van der Waals surface area contributed by atoms with Gasteiger partial charge in [-0.25, -0.2) is 0 Å². The molecular formula is C61H80N8O4. The number of hydrogen-bond acceptors (Lipinski definition) is 8. The fourth-order valence-corrected chi connectivity index (χ4v) is 13.7. The largest absolute Gasteiger partial charge is 0.336 e.